The number of carbonyl (C=O) groups excluding carboxylic acids is 1. The molecule has 7 nitrogen and oxygen atoms in total. The summed E-state index contributed by atoms with van der Waals surface area (Å²) in [6.07, 6.45) is 6.24. The zero-order valence-electron chi connectivity index (χ0n) is 20.3. The zero-order chi connectivity index (χ0) is 25.3. The van der Waals surface area contributed by atoms with Crippen molar-refractivity contribution >= 4 is 38.5 Å². The van der Waals surface area contributed by atoms with Crippen LogP contribution in [0.1, 0.15) is 38.2 Å². The zero-order valence-corrected chi connectivity index (χ0v) is 22.0. The van der Waals surface area contributed by atoms with Gasteiger partial charge in [-0.05, 0) is 68.5 Å². The van der Waals surface area contributed by atoms with E-state index in [9.17, 15) is 13.2 Å². The summed E-state index contributed by atoms with van der Waals surface area (Å²) in [5, 5.41) is 4.00. The van der Waals surface area contributed by atoms with E-state index >= 15 is 0 Å². The molecule has 0 spiro atoms. The second-order valence-corrected chi connectivity index (χ2v) is 12.1. The van der Waals surface area contributed by atoms with Crippen LogP contribution in [0.4, 0.5) is 0 Å². The molecule has 1 saturated heterocycles. The van der Waals surface area contributed by atoms with Crippen LogP contribution in [0.15, 0.2) is 65.1 Å². The third-order valence-corrected chi connectivity index (χ3v) is 9.33. The first-order valence-electron chi connectivity index (χ1n) is 12.1. The van der Waals surface area contributed by atoms with Crippen molar-refractivity contribution in [1.29, 1.82) is 0 Å². The van der Waals surface area contributed by atoms with E-state index in [1.165, 1.54) is 5.56 Å². The van der Waals surface area contributed by atoms with E-state index in [0.29, 0.717) is 18.8 Å². The minimum absolute atomic E-state index is 0.0305. The minimum Gasteiger partial charge on any atom is -0.491 e. The van der Waals surface area contributed by atoms with Crippen LogP contribution in [0.3, 0.4) is 0 Å². The summed E-state index contributed by atoms with van der Waals surface area (Å²) < 4.78 is 35.7. The molecule has 0 radical (unpaired) electrons. The Morgan fingerprint density at radius 3 is 2.53 bits per heavy atom. The predicted octanol–water partition coefficient (Wildman–Crippen LogP) is 5.32. The summed E-state index contributed by atoms with van der Waals surface area (Å²) in [5.74, 6) is 0.881. The van der Waals surface area contributed by atoms with Crippen LogP contribution in [0, 0.1) is 0 Å². The van der Waals surface area contributed by atoms with Crippen molar-refractivity contribution in [3.05, 3.63) is 65.8 Å². The molecule has 0 N–H and O–H groups in total. The number of aldehydes is 1. The molecule has 1 fully saturated rings. The number of benzene rings is 2. The maximum absolute atomic E-state index is 13.3. The van der Waals surface area contributed by atoms with Crippen molar-refractivity contribution in [1.82, 2.24) is 13.9 Å². The van der Waals surface area contributed by atoms with Crippen LogP contribution >= 0.6 is 11.3 Å². The Morgan fingerprint density at radius 2 is 1.89 bits per heavy atom. The number of rotatable bonds is 8. The highest BCUT2D eigenvalue weighted by Crippen LogP contribution is 2.37. The monoisotopic (exact) mass is 523 g/mol. The van der Waals surface area contributed by atoms with E-state index in [4.69, 9.17) is 4.74 Å². The molecule has 1 aliphatic rings. The van der Waals surface area contributed by atoms with Crippen molar-refractivity contribution in [2.24, 2.45) is 0 Å². The summed E-state index contributed by atoms with van der Waals surface area (Å²) in [6.45, 7) is 5.06. The Balaban J connectivity index is 1.35. The molecular formula is C27H29N3O4S2. The van der Waals surface area contributed by atoms with Gasteiger partial charge in [-0.25, -0.2) is 13.4 Å². The molecule has 0 saturated carbocycles. The molecule has 1 aliphatic heterocycles. The number of piperidine rings is 1. The van der Waals surface area contributed by atoms with Crippen molar-refractivity contribution in [3.8, 4) is 16.3 Å². The first kappa shape index (κ1) is 24.7. The first-order chi connectivity index (χ1) is 17.4. The van der Waals surface area contributed by atoms with Crippen LogP contribution < -0.4 is 4.74 Å². The number of fused-ring (bicyclic) bond motifs is 1. The van der Waals surface area contributed by atoms with Crippen molar-refractivity contribution in [2.75, 3.05) is 13.1 Å². The topological polar surface area (TPSA) is 81.5 Å². The number of ether oxygens (including phenoxy) is 1. The van der Waals surface area contributed by atoms with Gasteiger partial charge in [0, 0.05) is 47.3 Å². The van der Waals surface area contributed by atoms with Crippen molar-refractivity contribution in [3.63, 3.8) is 0 Å². The van der Waals surface area contributed by atoms with Gasteiger partial charge in [0.15, 0.2) is 0 Å². The maximum atomic E-state index is 13.3. The quantitative estimate of drug-likeness (QED) is 0.292. The second kappa shape index (κ2) is 10.2. The molecule has 0 atom stereocenters. The van der Waals surface area contributed by atoms with E-state index in [-0.39, 0.29) is 23.5 Å². The second-order valence-electron chi connectivity index (χ2n) is 9.29. The standard InChI is InChI=1S/C27H29N3O4S2/c1-19(2)34-22-4-6-23(7-5-22)36(32,33)30-12-9-20(10-13-30)25-18-29(14-15-31)26-17-21(3-8-24(25)26)27-28-11-16-35-27/h3-8,11,15-20H,9-10,12-14H2,1-2H3. The molecule has 0 aliphatic carbocycles. The Morgan fingerprint density at radius 1 is 1.14 bits per heavy atom. The molecule has 0 unspecified atom stereocenters. The molecule has 9 heteroatoms. The SMILES string of the molecule is CC(C)Oc1ccc(S(=O)(=O)N2CCC(c3cn(CC=O)c4cc(-c5nccs5)ccc34)CC2)cc1. The van der Waals surface area contributed by atoms with Gasteiger partial charge in [0.2, 0.25) is 10.0 Å². The van der Waals surface area contributed by atoms with Gasteiger partial charge in [0.25, 0.3) is 0 Å². The van der Waals surface area contributed by atoms with Gasteiger partial charge in [0.05, 0.1) is 17.5 Å². The molecule has 2 aromatic carbocycles. The third-order valence-electron chi connectivity index (χ3n) is 6.59. The van der Waals surface area contributed by atoms with Crippen LogP contribution in [0.2, 0.25) is 0 Å². The van der Waals surface area contributed by atoms with E-state index in [0.717, 1.165) is 40.6 Å². The summed E-state index contributed by atoms with van der Waals surface area (Å²) in [4.78, 5) is 16.1. The van der Waals surface area contributed by atoms with Gasteiger partial charge in [-0.15, -0.1) is 11.3 Å². The van der Waals surface area contributed by atoms with Gasteiger partial charge in [0.1, 0.15) is 17.0 Å². The van der Waals surface area contributed by atoms with E-state index in [1.54, 1.807) is 46.1 Å². The highest BCUT2D eigenvalue weighted by Gasteiger charge is 2.31. The van der Waals surface area contributed by atoms with Crippen LogP contribution in [-0.2, 0) is 21.4 Å². The van der Waals surface area contributed by atoms with Crippen molar-refractivity contribution < 1.29 is 17.9 Å². The number of thiazole rings is 1. The minimum atomic E-state index is -3.57. The lowest BCUT2D eigenvalue weighted by Crippen LogP contribution is -2.37. The van der Waals surface area contributed by atoms with Crippen LogP contribution in [0.25, 0.3) is 21.5 Å². The fourth-order valence-electron chi connectivity index (χ4n) is 4.89. The highest BCUT2D eigenvalue weighted by atomic mass is 32.2. The molecule has 0 bridgehead atoms. The molecular weight excluding hydrogens is 494 g/mol. The van der Waals surface area contributed by atoms with Crippen LogP contribution in [-0.4, -0.2) is 47.8 Å². The summed E-state index contributed by atoms with van der Waals surface area (Å²) in [7, 11) is -3.57. The molecule has 5 rings (SSSR count). The maximum Gasteiger partial charge on any atom is 0.243 e. The van der Waals surface area contributed by atoms with Gasteiger partial charge in [-0.3, -0.25) is 0 Å². The number of sulfonamides is 1. The Bertz CT molecular complexity index is 1450. The number of hydrogen-bond donors (Lipinski definition) is 0. The predicted molar refractivity (Wildman–Crippen MR) is 142 cm³/mol. The average molecular weight is 524 g/mol. The van der Waals surface area contributed by atoms with E-state index in [2.05, 4.69) is 29.4 Å². The lowest BCUT2D eigenvalue weighted by Gasteiger charge is -2.31. The van der Waals surface area contributed by atoms with E-state index in [1.807, 2.05) is 23.8 Å². The van der Waals surface area contributed by atoms with Crippen molar-refractivity contribution in [2.45, 2.75) is 50.2 Å². The fourth-order valence-corrected chi connectivity index (χ4v) is 7.00. The van der Waals surface area contributed by atoms with Gasteiger partial charge >= 0.3 is 0 Å². The lowest BCUT2D eigenvalue weighted by atomic mass is 9.90. The Kier molecular flexibility index (Phi) is 6.96. The molecule has 188 valence electrons. The smallest absolute Gasteiger partial charge is 0.243 e. The number of nitrogens with zero attached hydrogens (tertiary/aromatic N) is 3. The van der Waals surface area contributed by atoms with Crippen LogP contribution in [0.5, 0.6) is 5.75 Å². The molecule has 4 aromatic rings. The highest BCUT2D eigenvalue weighted by molar-refractivity contribution is 7.89. The summed E-state index contributed by atoms with van der Waals surface area (Å²) >= 11 is 1.58. The molecule has 2 aromatic heterocycles. The molecule has 36 heavy (non-hydrogen) atoms. The van der Waals surface area contributed by atoms with Gasteiger partial charge < -0.3 is 14.1 Å². The number of aromatic nitrogens is 2. The number of carbonyl (C=O) groups is 1. The third kappa shape index (κ3) is 4.83. The molecule has 0 amide bonds. The lowest BCUT2D eigenvalue weighted by molar-refractivity contribution is -0.108. The first-order valence-corrected chi connectivity index (χ1v) is 14.4. The Hall–Kier alpha value is -3.01. The van der Waals surface area contributed by atoms with E-state index < -0.39 is 10.0 Å². The normalized spacial score (nSPS) is 15.5. The summed E-state index contributed by atoms with van der Waals surface area (Å²) in [6, 6.07) is 12.9. The average Bonchev–Trinajstić information content (AvgIpc) is 3.53. The summed E-state index contributed by atoms with van der Waals surface area (Å²) in [5.41, 5.74) is 3.20. The largest absolute Gasteiger partial charge is 0.491 e. The number of hydrogen-bond acceptors (Lipinski definition) is 6. The van der Waals surface area contributed by atoms with Gasteiger partial charge in [-0.1, -0.05) is 12.1 Å². The van der Waals surface area contributed by atoms with Gasteiger partial charge in [-0.2, -0.15) is 4.31 Å². The Labute approximate surface area is 215 Å². The fraction of sp³-hybridized carbons (Fsp3) is 0.333. The molecule has 3 heterocycles.